The van der Waals surface area contributed by atoms with E-state index >= 15 is 0 Å². The molecule has 208 valence electrons. The maximum absolute atomic E-state index is 14.8. The first-order chi connectivity index (χ1) is 19.0. The first kappa shape index (κ1) is 27.2. The number of pyridine rings is 1. The molecular formula is C28H28FN5O5S. The van der Waals surface area contributed by atoms with Gasteiger partial charge in [0, 0.05) is 30.4 Å². The van der Waals surface area contributed by atoms with E-state index in [0.717, 1.165) is 6.07 Å². The van der Waals surface area contributed by atoms with E-state index in [1.54, 1.807) is 25.1 Å². The summed E-state index contributed by atoms with van der Waals surface area (Å²) in [7, 11) is -2.14. The van der Waals surface area contributed by atoms with E-state index in [4.69, 9.17) is 6.42 Å². The van der Waals surface area contributed by atoms with Crippen LogP contribution in [0.1, 0.15) is 42.1 Å². The molecule has 5 rings (SSSR count). The highest BCUT2D eigenvalue weighted by atomic mass is 32.2. The molecule has 1 unspecified atom stereocenters. The van der Waals surface area contributed by atoms with Gasteiger partial charge in [-0.15, -0.1) is 6.42 Å². The van der Waals surface area contributed by atoms with Gasteiger partial charge in [-0.1, -0.05) is 18.9 Å². The second-order valence-electron chi connectivity index (χ2n) is 9.75. The third-order valence-corrected chi connectivity index (χ3v) is 8.27. The van der Waals surface area contributed by atoms with E-state index < -0.39 is 33.7 Å². The van der Waals surface area contributed by atoms with Gasteiger partial charge >= 0.3 is 0 Å². The number of aromatic nitrogens is 1. The van der Waals surface area contributed by atoms with E-state index in [2.05, 4.69) is 16.0 Å². The van der Waals surface area contributed by atoms with Gasteiger partial charge in [0.25, 0.3) is 11.5 Å². The summed E-state index contributed by atoms with van der Waals surface area (Å²) in [6, 6.07) is 11.4. The summed E-state index contributed by atoms with van der Waals surface area (Å²) in [5.41, 5.74) is 0.505. The highest BCUT2D eigenvalue weighted by molar-refractivity contribution is 7.92. The first-order valence-corrected chi connectivity index (χ1v) is 14.4. The Morgan fingerprint density at radius 3 is 2.52 bits per heavy atom. The van der Waals surface area contributed by atoms with Crippen LogP contribution < -0.4 is 20.5 Å². The lowest BCUT2D eigenvalue weighted by atomic mass is 10.1. The van der Waals surface area contributed by atoms with Crippen LogP contribution in [-0.2, 0) is 17.1 Å². The first-order valence-electron chi connectivity index (χ1n) is 12.7. The topological polar surface area (TPSA) is 124 Å². The van der Waals surface area contributed by atoms with Crippen molar-refractivity contribution in [2.24, 2.45) is 7.05 Å². The lowest BCUT2D eigenvalue weighted by molar-refractivity contribution is 0.00267. The van der Waals surface area contributed by atoms with Gasteiger partial charge in [0.1, 0.15) is 17.2 Å². The van der Waals surface area contributed by atoms with E-state index in [-0.39, 0.29) is 40.2 Å². The normalized spacial score (nSPS) is 16.9. The summed E-state index contributed by atoms with van der Waals surface area (Å²) in [5, 5.41) is 14.4. The minimum Gasteiger partial charge on any atom is -0.356 e. The molecule has 0 radical (unpaired) electrons. The number of sulfonamides is 1. The molecule has 1 saturated carbocycles. The molecular weight excluding hydrogens is 537 g/mol. The van der Waals surface area contributed by atoms with Crippen molar-refractivity contribution in [1.29, 1.82) is 0 Å². The summed E-state index contributed by atoms with van der Waals surface area (Å²) in [5.74, 6) is 1.15. The number of benzene rings is 2. The van der Waals surface area contributed by atoms with Crippen LogP contribution in [0.4, 0.5) is 33.0 Å². The zero-order chi connectivity index (χ0) is 28.8. The largest absolute Gasteiger partial charge is 0.356 e. The molecule has 1 amide bonds. The van der Waals surface area contributed by atoms with Crippen LogP contribution in [0.15, 0.2) is 53.3 Å². The maximum atomic E-state index is 14.8. The summed E-state index contributed by atoms with van der Waals surface area (Å²) >= 11 is 0. The Morgan fingerprint density at radius 1 is 1.12 bits per heavy atom. The highest BCUT2D eigenvalue weighted by Crippen LogP contribution is 2.43. The number of hydrogen-bond donors (Lipinski definition) is 3. The number of nitrogens with zero attached hydrogens (tertiary/aromatic N) is 3. The fourth-order valence-corrected chi connectivity index (χ4v) is 5.90. The molecule has 0 spiro atoms. The minimum atomic E-state index is -3.60. The Labute approximate surface area is 231 Å². The van der Waals surface area contributed by atoms with Gasteiger partial charge in [0.15, 0.2) is 0 Å². The molecule has 1 fully saturated rings. The summed E-state index contributed by atoms with van der Waals surface area (Å²) in [4.78, 5) is 29.7. The molecule has 1 aliphatic heterocycles. The van der Waals surface area contributed by atoms with Gasteiger partial charge in [-0.2, -0.15) is 0 Å². The van der Waals surface area contributed by atoms with Gasteiger partial charge < -0.3 is 10.4 Å². The van der Waals surface area contributed by atoms with Crippen LogP contribution in [0, 0.1) is 18.2 Å². The van der Waals surface area contributed by atoms with Crippen LogP contribution >= 0.6 is 0 Å². The number of amides is 1. The predicted molar refractivity (Wildman–Crippen MR) is 151 cm³/mol. The molecule has 2 aromatic carbocycles. The summed E-state index contributed by atoms with van der Waals surface area (Å²) in [6.45, 7) is 1.75. The number of nitrogens with one attached hydrogen (secondary N) is 2. The SMILES string of the molecule is C#Cc1ccc(Nc2cc(=O)n(C)c3c2C(=O)N(C2CC2)C(O)N3c2cccc(NS(=O)(=O)CCC)c2)c(F)c1. The van der Waals surface area contributed by atoms with Crippen molar-refractivity contribution in [3.63, 3.8) is 0 Å². The second-order valence-corrected chi connectivity index (χ2v) is 11.6. The molecule has 10 nitrogen and oxygen atoms in total. The molecule has 40 heavy (non-hydrogen) atoms. The molecule has 1 aliphatic carbocycles. The monoisotopic (exact) mass is 565 g/mol. The number of carbonyl (C=O) groups excluding carboxylic acids is 1. The van der Waals surface area contributed by atoms with E-state index in [1.807, 2.05) is 0 Å². The number of carbonyl (C=O) groups is 1. The molecule has 12 heteroatoms. The van der Waals surface area contributed by atoms with Gasteiger partial charge in [-0.3, -0.25) is 28.7 Å². The van der Waals surface area contributed by atoms with E-state index in [9.17, 15) is 27.5 Å². The van der Waals surface area contributed by atoms with Gasteiger partial charge in [0.2, 0.25) is 16.4 Å². The Bertz CT molecular complexity index is 1710. The van der Waals surface area contributed by atoms with Crippen LogP contribution in [0.5, 0.6) is 0 Å². The molecule has 0 saturated heterocycles. The smallest absolute Gasteiger partial charge is 0.263 e. The Kier molecular flexibility index (Phi) is 7.03. The number of anilines is 5. The van der Waals surface area contributed by atoms with E-state index in [0.29, 0.717) is 30.5 Å². The number of hydrogen-bond acceptors (Lipinski definition) is 7. The number of terminal acetylenes is 1. The van der Waals surface area contributed by atoms with Crippen molar-refractivity contribution >= 4 is 44.5 Å². The van der Waals surface area contributed by atoms with E-state index in [1.165, 1.54) is 45.7 Å². The molecule has 0 bridgehead atoms. The molecule has 1 aromatic heterocycles. The average molecular weight is 566 g/mol. The zero-order valence-electron chi connectivity index (χ0n) is 21.9. The molecule has 2 heterocycles. The minimum absolute atomic E-state index is 0.00484. The van der Waals surface area contributed by atoms with Crippen molar-refractivity contribution < 1.29 is 22.7 Å². The predicted octanol–water partition coefficient (Wildman–Crippen LogP) is 3.43. The summed E-state index contributed by atoms with van der Waals surface area (Å²) < 4.78 is 43.4. The number of aliphatic hydroxyl groups excluding tert-OH is 1. The fourth-order valence-electron chi connectivity index (χ4n) is 4.78. The number of aliphatic hydroxyl groups is 1. The molecule has 1 atom stereocenters. The third-order valence-electron chi connectivity index (χ3n) is 6.78. The number of halogens is 1. The second kappa shape index (κ2) is 10.3. The summed E-state index contributed by atoms with van der Waals surface area (Å²) in [6.07, 6.45) is 5.66. The fraction of sp³-hybridized carbons (Fsp3) is 0.286. The van der Waals surface area contributed by atoms with Crippen LogP contribution in [-0.4, -0.2) is 47.0 Å². The van der Waals surface area contributed by atoms with Crippen molar-refractivity contribution in [2.45, 2.75) is 38.6 Å². The van der Waals surface area contributed by atoms with Crippen molar-refractivity contribution in [3.8, 4) is 12.3 Å². The maximum Gasteiger partial charge on any atom is 0.263 e. The van der Waals surface area contributed by atoms with Gasteiger partial charge in [-0.25, -0.2) is 12.8 Å². The molecule has 2 aliphatic rings. The van der Waals surface area contributed by atoms with Gasteiger partial charge in [0.05, 0.1) is 22.8 Å². The standard InChI is InChI=1S/C28H28FN5O5S/c1-4-13-40(38,39)31-18-7-6-8-20(15-18)33-26-25(27(36)34(28(33)37)19-10-11-19)23(16-24(35)32(26)3)30-22-12-9-17(5-2)14-21(22)29/h2,6-9,12,14-16,19,28,30-31,37H,4,10-11,13H2,1,3H3. The van der Waals surface area contributed by atoms with Gasteiger partial charge in [-0.05, 0) is 55.7 Å². The Hall–Kier alpha value is -4.34. The molecule has 3 aromatic rings. The van der Waals surface area contributed by atoms with Crippen molar-refractivity contribution in [3.05, 3.63) is 75.8 Å². The highest BCUT2D eigenvalue weighted by Gasteiger charge is 2.47. The van der Waals surface area contributed by atoms with Crippen molar-refractivity contribution in [1.82, 2.24) is 9.47 Å². The van der Waals surface area contributed by atoms with Crippen LogP contribution in [0.25, 0.3) is 0 Å². The number of fused-ring (bicyclic) bond motifs is 1. The third kappa shape index (κ3) is 5.01. The Balaban J connectivity index is 1.67. The number of rotatable bonds is 8. The average Bonchev–Trinajstić information content (AvgIpc) is 3.73. The zero-order valence-corrected chi connectivity index (χ0v) is 22.7. The molecule has 3 N–H and O–H groups in total. The van der Waals surface area contributed by atoms with Crippen LogP contribution in [0.3, 0.4) is 0 Å². The van der Waals surface area contributed by atoms with Crippen LogP contribution in [0.2, 0.25) is 0 Å². The van der Waals surface area contributed by atoms with Crippen molar-refractivity contribution in [2.75, 3.05) is 20.7 Å². The Morgan fingerprint density at radius 2 is 1.88 bits per heavy atom. The lowest BCUT2D eigenvalue weighted by Crippen LogP contribution is -2.56. The quantitative estimate of drug-likeness (QED) is 0.358. The lowest BCUT2D eigenvalue weighted by Gasteiger charge is -2.43.